The molecular formula is C19H26N2O2. The van der Waals surface area contributed by atoms with Crippen LogP contribution in [0.5, 0.6) is 5.75 Å². The predicted octanol–water partition coefficient (Wildman–Crippen LogP) is 2.95. The average Bonchev–Trinajstić information content (AvgIpc) is 2.88. The Kier molecular flexibility index (Phi) is 5.34. The fourth-order valence-electron chi connectivity index (χ4n) is 3.51. The van der Waals surface area contributed by atoms with Crippen LogP contribution in [0.1, 0.15) is 36.0 Å². The first kappa shape index (κ1) is 16.1. The lowest BCUT2D eigenvalue weighted by Gasteiger charge is -2.30. The molecule has 1 aliphatic carbocycles. The van der Waals surface area contributed by atoms with Crippen molar-refractivity contribution in [1.29, 1.82) is 0 Å². The Hall–Kier alpha value is -1.81. The summed E-state index contributed by atoms with van der Waals surface area (Å²) in [5, 5.41) is 0. The zero-order chi connectivity index (χ0) is 16.1. The van der Waals surface area contributed by atoms with E-state index >= 15 is 0 Å². The van der Waals surface area contributed by atoms with Crippen LogP contribution in [0.3, 0.4) is 0 Å². The summed E-state index contributed by atoms with van der Waals surface area (Å²) in [6.07, 6.45) is 9.44. The third-order valence-corrected chi connectivity index (χ3v) is 4.83. The number of benzene rings is 1. The number of ether oxygens (including phenoxy) is 1. The monoisotopic (exact) mass is 314 g/mol. The molecule has 1 amide bonds. The van der Waals surface area contributed by atoms with E-state index in [1.165, 1.54) is 19.3 Å². The van der Waals surface area contributed by atoms with Crippen molar-refractivity contribution < 1.29 is 9.53 Å². The highest BCUT2D eigenvalue weighted by Crippen LogP contribution is 2.20. The first-order valence-corrected chi connectivity index (χ1v) is 8.62. The number of methoxy groups -OCH3 is 1. The molecule has 0 radical (unpaired) electrons. The van der Waals surface area contributed by atoms with Gasteiger partial charge in [-0.1, -0.05) is 18.2 Å². The number of allylic oxidation sites excluding steroid dienone is 1. The zero-order valence-electron chi connectivity index (χ0n) is 13.9. The minimum Gasteiger partial charge on any atom is -0.497 e. The first-order valence-electron chi connectivity index (χ1n) is 8.62. The second kappa shape index (κ2) is 7.64. The molecule has 2 aliphatic rings. The molecule has 4 nitrogen and oxygen atoms in total. The number of amides is 1. The summed E-state index contributed by atoms with van der Waals surface area (Å²) in [6, 6.07) is 8.02. The van der Waals surface area contributed by atoms with Gasteiger partial charge in [0.05, 0.1) is 7.11 Å². The number of carbonyl (C=O) groups excluding carboxylic acids is 1. The minimum absolute atomic E-state index is 0.116. The van der Waals surface area contributed by atoms with E-state index in [4.69, 9.17) is 4.74 Å². The van der Waals surface area contributed by atoms with Gasteiger partial charge in [-0.25, -0.2) is 0 Å². The van der Waals surface area contributed by atoms with Crippen LogP contribution >= 0.6 is 0 Å². The summed E-state index contributed by atoms with van der Waals surface area (Å²) in [7, 11) is 1.63. The van der Waals surface area contributed by atoms with Crippen LogP contribution in [0.25, 0.3) is 0 Å². The Bertz CT molecular complexity index is 570. The van der Waals surface area contributed by atoms with Crippen molar-refractivity contribution >= 4 is 5.91 Å². The van der Waals surface area contributed by atoms with E-state index in [-0.39, 0.29) is 5.91 Å². The largest absolute Gasteiger partial charge is 0.497 e. The molecule has 4 heteroatoms. The molecule has 0 N–H and O–H groups in total. The predicted molar refractivity (Wildman–Crippen MR) is 91.9 cm³/mol. The van der Waals surface area contributed by atoms with E-state index in [0.29, 0.717) is 6.04 Å². The molecule has 0 bridgehead atoms. The van der Waals surface area contributed by atoms with Gasteiger partial charge in [0.2, 0.25) is 0 Å². The number of carbonyl (C=O) groups is 1. The quantitative estimate of drug-likeness (QED) is 0.804. The molecule has 0 saturated carbocycles. The topological polar surface area (TPSA) is 32.8 Å². The SMILES string of the molecule is COc1cccc(C(=O)N2CCCN([C@@H]3C=CCCC3)CC2)c1. The second-order valence-corrected chi connectivity index (χ2v) is 6.34. The molecule has 1 aromatic rings. The molecule has 1 heterocycles. The molecular weight excluding hydrogens is 288 g/mol. The van der Waals surface area contributed by atoms with Gasteiger partial charge in [-0.2, -0.15) is 0 Å². The summed E-state index contributed by atoms with van der Waals surface area (Å²) < 4.78 is 5.23. The fourth-order valence-corrected chi connectivity index (χ4v) is 3.51. The van der Waals surface area contributed by atoms with Gasteiger partial charge in [-0.05, 0) is 43.9 Å². The number of rotatable bonds is 3. The van der Waals surface area contributed by atoms with E-state index in [9.17, 15) is 4.79 Å². The van der Waals surface area contributed by atoms with Crippen LogP contribution in [-0.2, 0) is 0 Å². The van der Waals surface area contributed by atoms with Crippen molar-refractivity contribution in [2.45, 2.75) is 31.7 Å². The lowest BCUT2D eigenvalue weighted by molar-refractivity contribution is 0.0759. The van der Waals surface area contributed by atoms with Gasteiger partial charge >= 0.3 is 0 Å². The molecule has 0 unspecified atom stereocenters. The molecule has 23 heavy (non-hydrogen) atoms. The van der Waals surface area contributed by atoms with Gasteiger partial charge in [0.15, 0.2) is 0 Å². The van der Waals surface area contributed by atoms with Crippen molar-refractivity contribution in [2.24, 2.45) is 0 Å². The van der Waals surface area contributed by atoms with E-state index in [2.05, 4.69) is 17.1 Å². The van der Waals surface area contributed by atoms with Gasteiger partial charge in [-0.15, -0.1) is 0 Å². The number of hydrogen-bond acceptors (Lipinski definition) is 3. The van der Waals surface area contributed by atoms with Gasteiger partial charge in [0, 0.05) is 37.8 Å². The molecule has 1 fully saturated rings. The molecule has 1 aliphatic heterocycles. The molecule has 1 atom stereocenters. The van der Waals surface area contributed by atoms with Crippen LogP contribution in [0.4, 0.5) is 0 Å². The van der Waals surface area contributed by atoms with Crippen molar-refractivity contribution in [1.82, 2.24) is 9.80 Å². The summed E-state index contributed by atoms with van der Waals surface area (Å²) in [5.74, 6) is 0.851. The first-order chi connectivity index (χ1) is 11.3. The van der Waals surface area contributed by atoms with Crippen molar-refractivity contribution in [3.63, 3.8) is 0 Å². The van der Waals surface area contributed by atoms with Gasteiger partial charge < -0.3 is 9.64 Å². The summed E-state index contributed by atoms with van der Waals surface area (Å²) in [4.78, 5) is 17.3. The Balaban J connectivity index is 1.63. The van der Waals surface area contributed by atoms with Crippen molar-refractivity contribution in [2.75, 3.05) is 33.3 Å². The maximum atomic E-state index is 12.7. The molecule has 1 aromatic carbocycles. The Labute approximate surface area is 138 Å². The van der Waals surface area contributed by atoms with Crippen LogP contribution < -0.4 is 4.74 Å². The second-order valence-electron chi connectivity index (χ2n) is 6.34. The number of nitrogens with zero attached hydrogens (tertiary/aromatic N) is 2. The Morgan fingerprint density at radius 3 is 2.87 bits per heavy atom. The summed E-state index contributed by atoms with van der Waals surface area (Å²) in [5.41, 5.74) is 0.718. The third kappa shape index (κ3) is 3.94. The van der Waals surface area contributed by atoms with E-state index in [1.54, 1.807) is 7.11 Å². The highest BCUT2D eigenvalue weighted by atomic mass is 16.5. The summed E-state index contributed by atoms with van der Waals surface area (Å²) in [6.45, 7) is 3.69. The van der Waals surface area contributed by atoms with E-state index in [0.717, 1.165) is 43.9 Å². The highest BCUT2D eigenvalue weighted by molar-refractivity contribution is 5.94. The van der Waals surface area contributed by atoms with Crippen molar-refractivity contribution in [3.05, 3.63) is 42.0 Å². The molecule has 0 aromatic heterocycles. The van der Waals surface area contributed by atoms with Crippen molar-refractivity contribution in [3.8, 4) is 5.75 Å². The summed E-state index contributed by atoms with van der Waals surface area (Å²) >= 11 is 0. The Morgan fingerprint density at radius 2 is 2.09 bits per heavy atom. The standard InChI is InChI=1S/C19H26N2O2/c1-23-18-10-5-7-16(15-18)19(22)21-12-6-11-20(13-14-21)17-8-3-2-4-9-17/h3,5,7-8,10,15,17H,2,4,6,9,11-14H2,1H3/t17-/m1/s1. The molecule has 1 saturated heterocycles. The van der Waals surface area contributed by atoms with Gasteiger partial charge in [0.1, 0.15) is 5.75 Å². The lowest BCUT2D eigenvalue weighted by Crippen LogP contribution is -2.39. The van der Waals surface area contributed by atoms with Crippen LogP contribution in [0.15, 0.2) is 36.4 Å². The van der Waals surface area contributed by atoms with Crippen LogP contribution in [0, 0.1) is 0 Å². The van der Waals surface area contributed by atoms with Gasteiger partial charge in [0.25, 0.3) is 5.91 Å². The van der Waals surface area contributed by atoms with Gasteiger partial charge in [-0.3, -0.25) is 9.69 Å². The average molecular weight is 314 g/mol. The smallest absolute Gasteiger partial charge is 0.254 e. The molecule has 3 rings (SSSR count). The van der Waals surface area contributed by atoms with Crippen LogP contribution in [-0.4, -0.2) is 55.0 Å². The normalized spacial score (nSPS) is 22.7. The maximum Gasteiger partial charge on any atom is 0.254 e. The Morgan fingerprint density at radius 1 is 1.17 bits per heavy atom. The minimum atomic E-state index is 0.116. The third-order valence-electron chi connectivity index (χ3n) is 4.83. The van der Waals surface area contributed by atoms with E-state index < -0.39 is 0 Å². The van der Waals surface area contributed by atoms with Crippen LogP contribution in [0.2, 0.25) is 0 Å². The maximum absolute atomic E-state index is 12.7. The lowest BCUT2D eigenvalue weighted by atomic mass is 10.0. The zero-order valence-corrected chi connectivity index (χ0v) is 13.9. The molecule has 124 valence electrons. The molecule has 0 spiro atoms. The highest BCUT2D eigenvalue weighted by Gasteiger charge is 2.24. The number of hydrogen-bond donors (Lipinski definition) is 0. The van der Waals surface area contributed by atoms with E-state index in [1.807, 2.05) is 29.2 Å². The fraction of sp³-hybridized carbons (Fsp3) is 0.526.